The number of aryl methyl sites for hydroxylation is 1. The molecule has 0 atom stereocenters. The predicted molar refractivity (Wildman–Crippen MR) is 76.0 cm³/mol. The summed E-state index contributed by atoms with van der Waals surface area (Å²) in [5.41, 5.74) is 1.74. The van der Waals surface area contributed by atoms with Crippen LogP contribution in [-0.2, 0) is 6.54 Å². The van der Waals surface area contributed by atoms with Gasteiger partial charge in [-0.3, -0.25) is 14.2 Å². The van der Waals surface area contributed by atoms with Crippen LogP contribution >= 0.6 is 0 Å². The van der Waals surface area contributed by atoms with E-state index in [0.717, 1.165) is 16.8 Å². The van der Waals surface area contributed by atoms with Crippen LogP contribution in [-0.4, -0.2) is 9.13 Å². The smallest absolute Gasteiger partial charge is 0.306 e. The lowest BCUT2D eigenvalue weighted by Crippen LogP contribution is -2.39. The van der Waals surface area contributed by atoms with E-state index < -0.39 is 11.1 Å². The Morgan fingerprint density at radius 3 is 2.58 bits per heavy atom. The number of nitrogens with zero attached hydrogens (tertiary/aromatic N) is 2. The summed E-state index contributed by atoms with van der Waals surface area (Å²) < 4.78 is 2.74. The fourth-order valence-corrected chi connectivity index (χ4v) is 1.98. The zero-order valence-electron chi connectivity index (χ0n) is 11.1. The lowest BCUT2D eigenvalue weighted by atomic mass is 10.1. The van der Waals surface area contributed by atoms with E-state index >= 15 is 0 Å². The molecule has 1 aromatic heterocycles. The van der Waals surface area contributed by atoms with Gasteiger partial charge >= 0.3 is 11.1 Å². The van der Waals surface area contributed by atoms with Gasteiger partial charge in [-0.15, -0.1) is 6.58 Å². The molecule has 0 unspecified atom stereocenters. The van der Waals surface area contributed by atoms with Crippen molar-refractivity contribution in [3.05, 3.63) is 75.1 Å². The predicted octanol–water partition coefficient (Wildman–Crippen LogP) is 1.80. The van der Waals surface area contributed by atoms with Gasteiger partial charge in [-0.2, -0.15) is 0 Å². The lowest BCUT2D eigenvalue weighted by Gasteiger charge is -2.11. The first-order chi connectivity index (χ1) is 9.06. The van der Waals surface area contributed by atoms with E-state index in [2.05, 4.69) is 6.58 Å². The van der Waals surface area contributed by atoms with Gasteiger partial charge in [0, 0.05) is 18.9 Å². The quantitative estimate of drug-likeness (QED) is 0.621. The summed E-state index contributed by atoms with van der Waals surface area (Å²) in [7, 11) is 0. The maximum atomic E-state index is 12.1. The van der Waals surface area contributed by atoms with E-state index in [-0.39, 0.29) is 0 Å². The minimum Gasteiger partial charge on any atom is -0.306 e. The van der Waals surface area contributed by atoms with Crippen molar-refractivity contribution < 1.29 is 0 Å². The highest BCUT2D eigenvalue weighted by Gasteiger charge is 2.08. The summed E-state index contributed by atoms with van der Waals surface area (Å²) in [5, 5.41) is 0. The molecule has 0 aliphatic carbocycles. The molecule has 0 N–H and O–H groups in total. The molecule has 2 rings (SSSR count). The molecule has 0 saturated carbocycles. The van der Waals surface area contributed by atoms with Crippen LogP contribution in [0.5, 0.6) is 0 Å². The van der Waals surface area contributed by atoms with Crippen molar-refractivity contribution in [1.82, 2.24) is 9.13 Å². The zero-order valence-corrected chi connectivity index (χ0v) is 11.1. The first kappa shape index (κ1) is 13.1. The Bertz CT molecular complexity index is 739. The maximum Gasteiger partial charge on any atom is 0.320 e. The molecule has 98 valence electrons. The molecule has 4 heteroatoms. The summed E-state index contributed by atoms with van der Waals surface area (Å²) in [4.78, 5) is 24.1. The molecule has 1 aromatic carbocycles. The molecule has 0 bridgehead atoms. The Labute approximate surface area is 111 Å². The molecular formula is C15H16N2O2. The van der Waals surface area contributed by atoms with E-state index in [0.29, 0.717) is 6.54 Å². The number of aromatic nitrogens is 2. The third-order valence-corrected chi connectivity index (χ3v) is 3.22. The number of rotatable bonds is 3. The molecule has 1 heterocycles. The standard InChI is InChI=1S/C15H16N2O2/c1-4-8-16-9-10-17(15(19)14(16)18)13-7-5-6-11(2)12(13)3/h4-7,9-10H,1,8H2,2-3H3. The Kier molecular flexibility index (Phi) is 3.51. The third-order valence-electron chi connectivity index (χ3n) is 3.22. The molecule has 4 nitrogen and oxygen atoms in total. The summed E-state index contributed by atoms with van der Waals surface area (Å²) in [6.07, 6.45) is 4.81. The number of allylic oxidation sites excluding steroid dienone is 1. The van der Waals surface area contributed by atoms with Gasteiger partial charge in [-0.05, 0) is 31.0 Å². The van der Waals surface area contributed by atoms with E-state index in [1.807, 2.05) is 32.0 Å². The van der Waals surface area contributed by atoms with Crippen LogP contribution in [0.2, 0.25) is 0 Å². The van der Waals surface area contributed by atoms with Crippen LogP contribution < -0.4 is 11.1 Å². The summed E-state index contributed by atoms with van der Waals surface area (Å²) in [6.45, 7) is 7.81. The number of hydrogen-bond acceptors (Lipinski definition) is 2. The van der Waals surface area contributed by atoms with Gasteiger partial charge in [0.25, 0.3) is 0 Å². The Balaban J connectivity index is 2.68. The van der Waals surface area contributed by atoms with Crippen molar-refractivity contribution in [3.8, 4) is 5.69 Å². The van der Waals surface area contributed by atoms with Gasteiger partial charge in [0.2, 0.25) is 0 Å². The highest BCUT2D eigenvalue weighted by molar-refractivity contribution is 5.44. The van der Waals surface area contributed by atoms with Crippen molar-refractivity contribution in [1.29, 1.82) is 0 Å². The van der Waals surface area contributed by atoms with E-state index in [9.17, 15) is 9.59 Å². The largest absolute Gasteiger partial charge is 0.320 e. The summed E-state index contributed by atoms with van der Waals surface area (Å²) in [5.74, 6) is 0. The minimum atomic E-state index is -0.543. The molecule has 0 amide bonds. The van der Waals surface area contributed by atoms with E-state index in [1.165, 1.54) is 9.13 Å². The van der Waals surface area contributed by atoms with Crippen LogP contribution in [0.15, 0.2) is 52.8 Å². The molecule has 0 aliphatic heterocycles. The highest BCUT2D eigenvalue weighted by atomic mass is 16.2. The monoisotopic (exact) mass is 256 g/mol. The van der Waals surface area contributed by atoms with Gasteiger partial charge in [0.15, 0.2) is 0 Å². The highest BCUT2D eigenvalue weighted by Crippen LogP contribution is 2.15. The normalized spacial score (nSPS) is 10.4. The molecule has 0 fully saturated rings. The minimum absolute atomic E-state index is 0.335. The van der Waals surface area contributed by atoms with Gasteiger partial charge in [-0.25, -0.2) is 0 Å². The van der Waals surface area contributed by atoms with Gasteiger partial charge in [-0.1, -0.05) is 18.2 Å². The van der Waals surface area contributed by atoms with Gasteiger partial charge < -0.3 is 4.57 Å². The third kappa shape index (κ3) is 2.29. The second kappa shape index (κ2) is 5.10. The van der Waals surface area contributed by atoms with Crippen LogP contribution in [0.4, 0.5) is 0 Å². The second-order valence-electron chi connectivity index (χ2n) is 4.44. The Morgan fingerprint density at radius 2 is 1.89 bits per heavy atom. The fraction of sp³-hybridized carbons (Fsp3) is 0.200. The summed E-state index contributed by atoms with van der Waals surface area (Å²) in [6, 6.07) is 5.68. The molecule has 19 heavy (non-hydrogen) atoms. The number of benzene rings is 1. The number of hydrogen-bond donors (Lipinski definition) is 0. The average molecular weight is 256 g/mol. The molecule has 0 aliphatic rings. The Hall–Kier alpha value is -2.36. The van der Waals surface area contributed by atoms with E-state index in [4.69, 9.17) is 0 Å². The van der Waals surface area contributed by atoms with E-state index in [1.54, 1.807) is 18.5 Å². The lowest BCUT2D eigenvalue weighted by molar-refractivity contribution is 0.732. The van der Waals surface area contributed by atoms with Crippen LogP contribution in [0.3, 0.4) is 0 Å². The van der Waals surface area contributed by atoms with Crippen LogP contribution in [0.25, 0.3) is 5.69 Å². The first-order valence-corrected chi connectivity index (χ1v) is 6.06. The zero-order chi connectivity index (χ0) is 14.0. The SMILES string of the molecule is C=CCn1ccn(-c2cccc(C)c2C)c(=O)c1=O. The Morgan fingerprint density at radius 1 is 1.16 bits per heavy atom. The van der Waals surface area contributed by atoms with Crippen LogP contribution in [0.1, 0.15) is 11.1 Å². The van der Waals surface area contributed by atoms with Crippen LogP contribution in [0, 0.1) is 13.8 Å². The van der Waals surface area contributed by atoms with Crippen molar-refractivity contribution in [3.63, 3.8) is 0 Å². The van der Waals surface area contributed by atoms with Crippen molar-refractivity contribution in [2.45, 2.75) is 20.4 Å². The molecule has 2 aromatic rings. The topological polar surface area (TPSA) is 44.0 Å². The van der Waals surface area contributed by atoms with Crippen molar-refractivity contribution >= 4 is 0 Å². The van der Waals surface area contributed by atoms with Crippen molar-refractivity contribution in [2.75, 3.05) is 0 Å². The second-order valence-corrected chi connectivity index (χ2v) is 4.44. The molecular weight excluding hydrogens is 240 g/mol. The fourth-order valence-electron chi connectivity index (χ4n) is 1.98. The molecule has 0 saturated heterocycles. The van der Waals surface area contributed by atoms with Gasteiger partial charge in [0.05, 0.1) is 5.69 Å². The summed E-state index contributed by atoms with van der Waals surface area (Å²) >= 11 is 0. The molecule has 0 spiro atoms. The average Bonchev–Trinajstić information content (AvgIpc) is 2.39. The first-order valence-electron chi connectivity index (χ1n) is 6.06. The van der Waals surface area contributed by atoms with Crippen molar-refractivity contribution in [2.24, 2.45) is 0 Å². The maximum absolute atomic E-state index is 12.1. The molecule has 0 radical (unpaired) electrons. The van der Waals surface area contributed by atoms with Gasteiger partial charge in [0.1, 0.15) is 0 Å².